The Morgan fingerprint density at radius 3 is 2.44 bits per heavy atom. The Kier molecular flexibility index (Phi) is 8.87. The molecular weight excluding hydrogens is 592 g/mol. The molecule has 8 nitrogen and oxygen atoms in total. The molecule has 2 amide bonds. The lowest BCUT2D eigenvalue weighted by molar-refractivity contribution is -0.135. The zero-order valence-corrected chi connectivity index (χ0v) is 25.6. The highest BCUT2D eigenvalue weighted by Crippen LogP contribution is 2.32. The average Bonchev–Trinajstić information content (AvgIpc) is 3.41. The molecule has 1 fully saturated rings. The molecule has 1 aliphatic rings. The van der Waals surface area contributed by atoms with Crippen molar-refractivity contribution in [2.45, 2.75) is 45.4 Å². The lowest BCUT2D eigenvalue weighted by Crippen LogP contribution is -2.51. The molecule has 4 aromatic rings. The first kappa shape index (κ1) is 30.7. The van der Waals surface area contributed by atoms with E-state index in [2.05, 4.69) is 31.1 Å². The van der Waals surface area contributed by atoms with Crippen LogP contribution in [0.4, 0.5) is 4.39 Å². The summed E-state index contributed by atoms with van der Waals surface area (Å²) in [5.74, 6) is -1.13. The van der Waals surface area contributed by atoms with Crippen LogP contribution in [-0.2, 0) is 23.3 Å². The summed E-state index contributed by atoms with van der Waals surface area (Å²) >= 11 is 12.2. The number of nitrogens with zero attached hydrogens (tertiary/aromatic N) is 5. The standard InChI is InChI=1S/C32H32Cl2FN5O3/c1-32(2,3)22-7-4-20(5-8-22)29(41)18-40-17-24(36-37-40)16-38-12-13-39(19-30(38)42)31(43)25-10-9-23(35)15-26(25)21-6-11-27(33)28(34)14-21/h4-11,14-15,17,29,41H,12-13,16,18-19H2,1-3H3. The van der Waals surface area contributed by atoms with Crippen molar-refractivity contribution >= 4 is 35.0 Å². The molecule has 1 saturated heterocycles. The normalized spacial score (nSPS) is 14.7. The van der Waals surface area contributed by atoms with Crippen LogP contribution >= 0.6 is 23.2 Å². The van der Waals surface area contributed by atoms with Crippen LogP contribution in [0.3, 0.4) is 0 Å². The fraction of sp³-hybridized carbons (Fsp3) is 0.312. The highest BCUT2D eigenvalue weighted by Gasteiger charge is 2.30. The molecule has 1 atom stereocenters. The van der Waals surface area contributed by atoms with Gasteiger partial charge in [0.05, 0.1) is 35.4 Å². The molecule has 0 aliphatic carbocycles. The number of halogens is 3. The highest BCUT2D eigenvalue weighted by molar-refractivity contribution is 6.42. The van der Waals surface area contributed by atoms with E-state index in [0.29, 0.717) is 34.9 Å². The van der Waals surface area contributed by atoms with Gasteiger partial charge in [-0.3, -0.25) is 9.59 Å². The van der Waals surface area contributed by atoms with Crippen molar-refractivity contribution in [2.75, 3.05) is 19.6 Å². The minimum Gasteiger partial charge on any atom is -0.386 e. The van der Waals surface area contributed by atoms with Crippen molar-refractivity contribution in [2.24, 2.45) is 0 Å². The Morgan fingerprint density at radius 1 is 1.02 bits per heavy atom. The van der Waals surface area contributed by atoms with Crippen LogP contribution < -0.4 is 0 Å². The van der Waals surface area contributed by atoms with Gasteiger partial charge in [0.1, 0.15) is 18.1 Å². The molecule has 0 bridgehead atoms. The summed E-state index contributed by atoms with van der Waals surface area (Å²) in [6, 6.07) is 16.6. The quantitative estimate of drug-likeness (QED) is 0.276. The van der Waals surface area contributed by atoms with Gasteiger partial charge in [0.15, 0.2) is 0 Å². The third-order valence-electron chi connectivity index (χ3n) is 7.51. The Balaban J connectivity index is 1.21. The fourth-order valence-corrected chi connectivity index (χ4v) is 5.31. The van der Waals surface area contributed by atoms with E-state index in [-0.39, 0.29) is 47.4 Å². The lowest BCUT2D eigenvalue weighted by Gasteiger charge is -2.34. The number of aliphatic hydroxyl groups is 1. The Labute approximate surface area is 259 Å². The van der Waals surface area contributed by atoms with E-state index in [0.717, 1.165) is 5.56 Å². The van der Waals surface area contributed by atoms with E-state index in [4.69, 9.17) is 23.2 Å². The number of aliphatic hydroxyl groups excluding tert-OH is 1. The summed E-state index contributed by atoms with van der Waals surface area (Å²) in [4.78, 5) is 29.6. The number of carbonyl (C=O) groups excluding carboxylic acids is 2. The highest BCUT2D eigenvalue weighted by atomic mass is 35.5. The first-order valence-electron chi connectivity index (χ1n) is 13.9. The number of amides is 2. The zero-order chi connectivity index (χ0) is 30.9. The smallest absolute Gasteiger partial charge is 0.255 e. The third-order valence-corrected chi connectivity index (χ3v) is 8.25. The summed E-state index contributed by atoms with van der Waals surface area (Å²) in [6.45, 7) is 7.31. The van der Waals surface area contributed by atoms with Crippen LogP contribution in [-0.4, -0.2) is 61.3 Å². The molecule has 11 heteroatoms. The SMILES string of the molecule is CC(C)(C)c1ccc(C(O)Cn2cc(CN3CCN(C(=O)c4ccc(F)cc4-c4ccc(Cl)c(Cl)c4)CC3=O)nn2)cc1. The van der Waals surface area contributed by atoms with Crippen molar-refractivity contribution in [3.05, 3.63) is 105 Å². The average molecular weight is 625 g/mol. The van der Waals surface area contributed by atoms with Crippen LogP contribution in [0.5, 0.6) is 0 Å². The number of hydrogen-bond acceptors (Lipinski definition) is 5. The van der Waals surface area contributed by atoms with Crippen LogP contribution in [0.15, 0.2) is 66.9 Å². The molecule has 0 radical (unpaired) electrons. The molecule has 0 spiro atoms. The topological polar surface area (TPSA) is 91.6 Å². The second kappa shape index (κ2) is 12.4. The molecule has 1 N–H and O–H groups in total. The molecule has 1 aromatic heterocycles. The minimum atomic E-state index is -0.764. The molecule has 43 heavy (non-hydrogen) atoms. The second-order valence-corrected chi connectivity index (χ2v) is 12.5. The third kappa shape index (κ3) is 7.06. The van der Waals surface area contributed by atoms with Gasteiger partial charge in [-0.1, -0.05) is 79.5 Å². The van der Waals surface area contributed by atoms with Gasteiger partial charge >= 0.3 is 0 Å². The van der Waals surface area contributed by atoms with Crippen LogP contribution in [0, 0.1) is 5.82 Å². The fourth-order valence-electron chi connectivity index (χ4n) is 5.01. The molecule has 224 valence electrons. The van der Waals surface area contributed by atoms with Gasteiger partial charge in [-0.25, -0.2) is 9.07 Å². The summed E-state index contributed by atoms with van der Waals surface area (Å²) in [7, 11) is 0. The largest absolute Gasteiger partial charge is 0.386 e. The number of carbonyl (C=O) groups is 2. The zero-order valence-electron chi connectivity index (χ0n) is 24.1. The number of piperazine rings is 1. The van der Waals surface area contributed by atoms with Gasteiger partial charge in [-0.2, -0.15) is 0 Å². The maximum Gasteiger partial charge on any atom is 0.255 e. The van der Waals surface area contributed by atoms with Crippen molar-refractivity contribution in [1.29, 1.82) is 0 Å². The van der Waals surface area contributed by atoms with Gasteiger partial charge in [0, 0.05) is 18.7 Å². The number of aromatic nitrogens is 3. The monoisotopic (exact) mass is 623 g/mol. The summed E-state index contributed by atoms with van der Waals surface area (Å²) in [6.07, 6.45) is 0.944. The lowest BCUT2D eigenvalue weighted by atomic mass is 9.86. The summed E-state index contributed by atoms with van der Waals surface area (Å²) in [5.41, 5.74) is 3.72. The molecule has 2 heterocycles. The van der Waals surface area contributed by atoms with Gasteiger partial charge < -0.3 is 14.9 Å². The first-order valence-corrected chi connectivity index (χ1v) is 14.6. The molecule has 1 unspecified atom stereocenters. The molecule has 3 aromatic carbocycles. The Morgan fingerprint density at radius 2 is 1.77 bits per heavy atom. The van der Waals surface area contributed by atoms with E-state index in [1.54, 1.807) is 34.0 Å². The van der Waals surface area contributed by atoms with Crippen LogP contribution in [0.25, 0.3) is 11.1 Å². The van der Waals surface area contributed by atoms with Gasteiger partial charge in [0.25, 0.3) is 5.91 Å². The minimum absolute atomic E-state index is 0.0244. The van der Waals surface area contributed by atoms with Crippen LogP contribution in [0.2, 0.25) is 10.0 Å². The van der Waals surface area contributed by atoms with Gasteiger partial charge in [0.2, 0.25) is 5.91 Å². The first-order chi connectivity index (χ1) is 20.4. The molecule has 1 aliphatic heterocycles. The maximum absolute atomic E-state index is 14.2. The number of rotatable bonds is 7. The molecule has 0 saturated carbocycles. The molecule has 5 rings (SSSR count). The molecular formula is C32H32Cl2FN5O3. The van der Waals surface area contributed by atoms with Crippen molar-refractivity contribution in [3.63, 3.8) is 0 Å². The van der Waals surface area contributed by atoms with E-state index >= 15 is 0 Å². The predicted octanol–water partition coefficient (Wildman–Crippen LogP) is 5.91. The van der Waals surface area contributed by atoms with Crippen LogP contribution in [0.1, 0.15) is 54.1 Å². The van der Waals surface area contributed by atoms with E-state index < -0.39 is 11.9 Å². The van der Waals surface area contributed by atoms with E-state index in [9.17, 15) is 19.1 Å². The number of benzene rings is 3. The second-order valence-electron chi connectivity index (χ2n) is 11.7. The van der Waals surface area contributed by atoms with Crippen molar-refractivity contribution in [1.82, 2.24) is 24.8 Å². The predicted molar refractivity (Wildman–Crippen MR) is 163 cm³/mol. The number of hydrogen-bond donors (Lipinski definition) is 1. The summed E-state index contributed by atoms with van der Waals surface area (Å²) in [5, 5.41) is 19.7. The van der Waals surface area contributed by atoms with Crippen molar-refractivity contribution < 1.29 is 19.1 Å². The van der Waals surface area contributed by atoms with Gasteiger partial charge in [-0.15, -0.1) is 5.10 Å². The van der Waals surface area contributed by atoms with Gasteiger partial charge in [-0.05, 0) is 58.0 Å². The van der Waals surface area contributed by atoms with E-state index in [1.165, 1.54) is 28.7 Å². The van der Waals surface area contributed by atoms with Crippen molar-refractivity contribution in [3.8, 4) is 11.1 Å². The Hall–Kier alpha value is -3.79. The maximum atomic E-state index is 14.2. The Bertz CT molecular complexity index is 1650. The summed E-state index contributed by atoms with van der Waals surface area (Å²) < 4.78 is 15.7. The van der Waals surface area contributed by atoms with E-state index in [1.807, 2.05) is 24.3 Å².